The van der Waals surface area contributed by atoms with Crippen molar-refractivity contribution in [1.29, 1.82) is 0 Å². The van der Waals surface area contributed by atoms with Gasteiger partial charge in [0.25, 0.3) is 0 Å². The van der Waals surface area contributed by atoms with Gasteiger partial charge in [0.15, 0.2) is 0 Å². The maximum absolute atomic E-state index is 13.1. The lowest BCUT2D eigenvalue weighted by molar-refractivity contribution is -0.138. The smallest absolute Gasteiger partial charge is 0.242 e. The fraction of sp³-hybridized carbons (Fsp3) is 0.364. The molecular formula is C22H25Cl3N2O2S. The van der Waals surface area contributed by atoms with Crippen LogP contribution in [0.15, 0.2) is 42.5 Å². The molecule has 8 heteroatoms. The summed E-state index contributed by atoms with van der Waals surface area (Å²) in [5, 5.41) is 4.45. The van der Waals surface area contributed by atoms with Crippen LogP contribution < -0.4 is 5.32 Å². The minimum Gasteiger partial charge on any atom is -0.354 e. The third-order valence-corrected chi connectivity index (χ3v) is 6.59. The monoisotopic (exact) mass is 486 g/mol. The van der Waals surface area contributed by atoms with Crippen LogP contribution in [0.5, 0.6) is 0 Å². The molecular weight excluding hydrogens is 463 g/mol. The van der Waals surface area contributed by atoms with E-state index in [1.807, 2.05) is 31.2 Å². The van der Waals surface area contributed by atoms with Crippen molar-refractivity contribution in [2.24, 2.45) is 0 Å². The third-order valence-electron chi connectivity index (χ3n) is 4.55. The van der Waals surface area contributed by atoms with Crippen molar-refractivity contribution < 1.29 is 9.59 Å². The van der Waals surface area contributed by atoms with Gasteiger partial charge >= 0.3 is 0 Å². The van der Waals surface area contributed by atoms with Gasteiger partial charge in [-0.1, -0.05) is 66.0 Å². The van der Waals surface area contributed by atoms with Crippen molar-refractivity contribution in [2.45, 2.75) is 38.6 Å². The van der Waals surface area contributed by atoms with Crippen LogP contribution in [0.2, 0.25) is 15.1 Å². The van der Waals surface area contributed by atoms with E-state index >= 15 is 0 Å². The van der Waals surface area contributed by atoms with Crippen molar-refractivity contribution in [3.05, 3.63) is 68.7 Å². The molecule has 1 N–H and O–H groups in total. The summed E-state index contributed by atoms with van der Waals surface area (Å²) in [6.45, 7) is 4.40. The molecule has 0 heterocycles. The molecule has 0 unspecified atom stereocenters. The van der Waals surface area contributed by atoms with Crippen LogP contribution in [0.25, 0.3) is 0 Å². The maximum Gasteiger partial charge on any atom is 0.242 e. The summed E-state index contributed by atoms with van der Waals surface area (Å²) >= 11 is 20.3. The molecule has 30 heavy (non-hydrogen) atoms. The minimum absolute atomic E-state index is 0.157. The number of carbonyl (C=O) groups excluding carboxylic acids is 2. The number of halogens is 3. The van der Waals surface area contributed by atoms with E-state index in [9.17, 15) is 9.59 Å². The molecule has 0 aliphatic carbocycles. The molecule has 0 aliphatic rings. The van der Waals surface area contributed by atoms with Gasteiger partial charge in [0, 0.05) is 39.5 Å². The lowest BCUT2D eigenvalue weighted by Crippen LogP contribution is -2.48. The lowest BCUT2D eigenvalue weighted by Gasteiger charge is -2.29. The predicted molar refractivity (Wildman–Crippen MR) is 127 cm³/mol. The molecule has 0 fully saturated rings. The zero-order valence-electron chi connectivity index (χ0n) is 17.0. The fourth-order valence-electron chi connectivity index (χ4n) is 2.78. The topological polar surface area (TPSA) is 49.4 Å². The molecule has 0 bridgehead atoms. The van der Waals surface area contributed by atoms with Gasteiger partial charge in [-0.05, 0) is 37.1 Å². The normalized spacial score (nSPS) is 11.8. The van der Waals surface area contributed by atoms with Gasteiger partial charge in [-0.3, -0.25) is 9.59 Å². The summed E-state index contributed by atoms with van der Waals surface area (Å²) in [5.41, 5.74) is 1.59. The quantitative estimate of drug-likeness (QED) is 0.459. The Morgan fingerprint density at radius 1 is 1.03 bits per heavy atom. The summed E-state index contributed by atoms with van der Waals surface area (Å²) in [6, 6.07) is 12.1. The number of rotatable bonds is 10. The highest BCUT2D eigenvalue weighted by molar-refractivity contribution is 7.99. The van der Waals surface area contributed by atoms with Gasteiger partial charge in [0.1, 0.15) is 6.04 Å². The Kier molecular flexibility index (Phi) is 10.3. The van der Waals surface area contributed by atoms with Crippen LogP contribution >= 0.6 is 46.6 Å². The lowest BCUT2D eigenvalue weighted by atomic mass is 10.1. The number of carbonyl (C=O) groups is 2. The first-order valence-electron chi connectivity index (χ1n) is 9.66. The maximum atomic E-state index is 13.1. The van der Waals surface area contributed by atoms with Crippen LogP contribution in [-0.4, -0.2) is 35.1 Å². The van der Waals surface area contributed by atoms with Crippen LogP contribution in [0.1, 0.15) is 31.4 Å². The van der Waals surface area contributed by atoms with E-state index in [2.05, 4.69) is 5.32 Å². The van der Waals surface area contributed by atoms with Crippen LogP contribution in [-0.2, 0) is 21.9 Å². The number of nitrogens with zero attached hydrogens (tertiary/aromatic N) is 1. The van der Waals surface area contributed by atoms with E-state index in [1.165, 1.54) is 16.7 Å². The molecule has 0 saturated heterocycles. The van der Waals surface area contributed by atoms with E-state index in [1.54, 1.807) is 25.1 Å². The Morgan fingerprint density at radius 3 is 2.30 bits per heavy atom. The van der Waals surface area contributed by atoms with E-state index in [-0.39, 0.29) is 24.1 Å². The Bertz CT molecular complexity index is 859. The van der Waals surface area contributed by atoms with E-state index in [0.29, 0.717) is 32.9 Å². The largest absolute Gasteiger partial charge is 0.354 e. The van der Waals surface area contributed by atoms with E-state index < -0.39 is 6.04 Å². The number of thioether (sulfide) groups is 1. The van der Waals surface area contributed by atoms with Gasteiger partial charge in [0.2, 0.25) is 11.8 Å². The molecule has 2 aromatic carbocycles. The first-order chi connectivity index (χ1) is 14.3. The van der Waals surface area contributed by atoms with E-state index in [0.717, 1.165) is 12.0 Å². The van der Waals surface area contributed by atoms with Gasteiger partial charge < -0.3 is 10.2 Å². The highest BCUT2D eigenvalue weighted by Gasteiger charge is 2.27. The Labute approximate surface area is 197 Å². The number of amides is 2. The Morgan fingerprint density at radius 2 is 1.67 bits per heavy atom. The summed E-state index contributed by atoms with van der Waals surface area (Å²) < 4.78 is 0. The average molecular weight is 488 g/mol. The molecule has 0 aromatic heterocycles. The summed E-state index contributed by atoms with van der Waals surface area (Å²) in [7, 11) is 0. The summed E-state index contributed by atoms with van der Waals surface area (Å²) in [6.07, 6.45) is 0.816. The molecule has 162 valence electrons. The number of benzene rings is 2. The molecule has 0 saturated carbocycles. The van der Waals surface area contributed by atoms with Crippen molar-refractivity contribution in [3.63, 3.8) is 0 Å². The van der Waals surface area contributed by atoms with Gasteiger partial charge in [-0.15, -0.1) is 11.8 Å². The number of hydrogen-bond donors (Lipinski definition) is 1. The van der Waals surface area contributed by atoms with E-state index in [4.69, 9.17) is 34.8 Å². The first kappa shape index (κ1) is 24.9. The molecule has 2 amide bonds. The molecule has 2 aromatic rings. The average Bonchev–Trinajstić information content (AvgIpc) is 2.72. The third kappa shape index (κ3) is 7.09. The van der Waals surface area contributed by atoms with Crippen molar-refractivity contribution in [1.82, 2.24) is 10.2 Å². The molecule has 0 aliphatic heterocycles. The Balaban J connectivity index is 2.14. The standard InChI is InChI=1S/C22H25Cl3N2O2S/c1-3-11-26-22(29)15(2)27(12-17-19(24)9-6-10-20(17)25)21(28)14-30-13-16-7-4-5-8-18(16)23/h4-10,15H,3,11-14H2,1-2H3,(H,26,29)/t15-/m1/s1. The molecule has 2 rings (SSSR count). The van der Waals surface area contributed by atoms with Crippen LogP contribution in [0.4, 0.5) is 0 Å². The van der Waals surface area contributed by atoms with Gasteiger partial charge in [0.05, 0.1) is 5.75 Å². The second kappa shape index (κ2) is 12.5. The van der Waals surface area contributed by atoms with Crippen LogP contribution in [0.3, 0.4) is 0 Å². The number of nitrogens with one attached hydrogen (secondary N) is 1. The second-order valence-electron chi connectivity index (χ2n) is 6.77. The SMILES string of the molecule is CCCNC(=O)[C@@H](C)N(Cc1c(Cl)cccc1Cl)C(=O)CSCc1ccccc1Cl. The van der Waals surface area contributed by atoms with Crippen molar-refractivity contribution in [2.75, 3.05) is 12.3 Å². The van der Waals surface area contributed by atoms with Gasteiger partial charge in [-0.2, -0.15) is 0 Å². The molecule has 4 nitrogen and oxygen atoms in total. The minimum atomic E-state index is -0.655. The van der Waals surface area contributed by atoms with Gasteiger partial charge in [-0.25, -0.2) is 0 Å². The fourth-order valence-corrected chi connectivity index (χ4v) is 4.49. The predicted octanol–water partition coefficient (Wildman–Crippen LogP) is 5.82. The summed E-state index contributed by atoms with van der Waals surface area (Å²) in [4.78, 5) is 27.1. The molecule has 0 radical (unpaired) electrons. The zero-order valence-corrected chi connectivity index (χ0v) is 20.0. The Hall–Kier alpha value is -1.40. The summed E-state index contributed by atoms with van der Waals surface area (Å²) in [5.74, 6) is 0.438. The number of hydrogen-bond acceptors (Lipinski definition) is 3. The van der Waals surface area contributed by atoms with Crippen molar-refractivity contribution in [3.8, 4) is 0 Å². The molecule has 0 spiro atoms. The first-order valence-corrected chi connectivity index (χ1v) is 11.9. The van der Waals surface area contributed by atoms with Crippen molar-refractivity contribution >= 4 is 58.4 Å². The highest BCUT2D eigenvalue weighted by Crippen LogP contribution is 2.27. The van der Waals surface area contributed by atoms with Crippen LogP contribution in [0, 0.1) is 0 Å². The second-order valence-corrected chi connectivity index (χ2v) is 8.98. The highest BCUT2D eigenvalue weighted by atomic mass is 35.5. The molecule has 1 atom stereocenters. The zero-order chi connectivity index (χ0) is 22.1.